The zero-order valence-corrected chi connectivity index (χ0v) is 8.61. The predicted octanol–water partition coefficient (Wildman–Crippen LogP) is 0.658. The van der Waals surface area contributed by atoms with Crippen LogP contribution in [-0.2, 0) is 11.3 Å². The van der Waals surface area contributed by atoms with Crippen molar-refractivity contribution < 1.29 is 9.53 Å². The maximum atomic E-state index is 11.3. The van der Waals surface area contributed by atoms with Gasteiger partial charge in [-0.25, -0.2) is 4.79 Å². The maximum Gasteiger partial charge on any atom is 0.339 e. The quantitative estimate of drug-likeness (QED) is 0.526. The third-order valence-electron chi connectivity index (χ3n) is 1.83. The Balaban J connectivity index is 3.08. The molecule has 0 saturated heterocycles. The van der Waals surface area contributed by atoms with Crippen LogP contribution in [0.3, 0.4) is 0 Å². The van der Waals surface area contributed by atoms with E-state index in [-0.39, 0.29) is 12.1 Å². The van der Waals surface area contributed by atoms with Crippen molar-refractivity contribution in [3.8, 4) is 11.8 Å². The van der Waals surface area contributed by atoms with Crippen LogP contribution in [0.5, 0.6) is 0 Å². The van der Waals surface area contributed by atoms with E-state index < -0.39 is 5.97 Å². The number of rotatable bonds is 2. The van der Waals surface area contributed by atoms with E-state index in [1.807, 2.05) is 0 Å². The lowest BCUT2D eigenvalue weighted by Crippen LogP contribution is -2.19. The molecule has 0 amide bonds. The van der Waals surface area contributed by atoms with Gasteiger partial charge >= 0.3 is 5.97 Å². The standard InChI is InChI=1S/C11H11NO3/c1-3-4-7-12-8-9(11(14)15-2)5-6-10(12)13/h5-6,8H,7H2,1-2H3. The normalized spacial score (nSPS) is 8.93. The van der Waals surface area contributed by atoms with Gasteiger partial charge in [-0.3, -0.25) is 4.79 Å². The molecule has 0 saturated carbocycles. The molecule has 0 spiro atoms. The first-order valence-corrected chi connectivity index (χ1v) is 4.37. The number of pyridine rings is 1. The summed E-state index contributed by atoms with van der Waals surface area (Å²) in [6.45, 7) is 1.97. The summed E-state index contributed by atoms with van der Waals surface area (Å²) in [5.74, 6) is 4.97. The molecule has 1 aromatic rings. The van der Waals surface area contributed by atoms with Gasteiger partial charge in [0.1, 0.15) is 0 Å². The molecular formula is C11H11NO3. The molecule has 0 aliphatic rings. The fourth-order valence-electron chi connectivity index (χ4n) is 1.06. The second-order valence-corrected chi connectivity index (χ2v) is 2.80. The minimum Gasteiger partial charge on any atom is -0.465 e. The molecular weight excluding hydrogens is 194 g/mol. The van der Waals surface area contributed by atoms with E-state index in [4.69, 9.17) is 0 Å². The SMILES string of the molecule is CC#CCn1cc(C(=O)OC)ccc1=O. The summed E-state index contributed by atoms with van der Waals surface area (Å²) in [6.07, 6.45) is 1.44. The number of esters is 1. The summed E-state index contributed by atoms with van der Waals surface area (Å²) in [5, 5.41) is 0. The average molecular weight is 205 g/mol. The topological polar surface area (TPSA) is 48.3 Å². The van der Waals surface area contributed by atoms with Crippen LogP contribution in [0.1, 0.15) is 17.3 Å². The summed E-state index contributed by atoms with van der Waals surface area (Å²) in [4.78, 5) is 22.5. The minimum absolute atomic E-state index is 0.189. The number of hydrogen-bond acceptors (Lipinski definition) is 3. The van der Waals surface area contributed by atoms with Gasteiger partial charge in [-0.05, 0) is 13.0 Å². The van der Waals surface area contributed by atoms with E-state index in [1.54, 1.807) is 6.92 Å². The Labute approximate surface area is 87.5 Å². The van der Waals surface area contributed by atoms with Crippen LogP contribution in [-0.4, -0.2) is 17.6 Å². The van der Waals surface area contributed by atoms with Crippen molar-refractivity contribution in [3.63, 3.8) is 0 Å². The lowest BCUT2D eigenvalue weighted by molar-refractivity contribution is 0.0599. The number of carbonyl (C=O) groups excluding carboxylic acids is 1. The fourth-order valence-corrected chi connectivity index (χ4v) is 1.06. The van der Waals surface area contributed by atoms with Gasteiger partial charge in [-0.2, -0.15) is 0 Å². The monoisotopic (exact) mass is 205 g/mol. The molecule has 1 rings (SSSR count). The van der Waals surface area contributed by atoms with Gasteiger partial charge in [-0.15, -0.1) is 5.92 Å². The van der Waals surface area contributed by atoms with Crippen LogP contribution in [0.15, 0.2) is 23.1 Å². The highest BCUT2D eigenvalue weighted by Gasteiger charge is 2.06. The van der Waals surface area contributed by atoms with Gasteiger partial charge in [0.2, 0.25) is 0 Å². The molecule has 0 aliphatic carbocycles. The number of hydrogen-bond donors (Lipinski definition) is 0. The van der Waals surface area contributed by atoms with Gasteiger partial charge in [0.05, 0.1) is 19.2 Å². The molecule has 15 heavy (non-hydrogen) atoms. The van der Waals surface area contributed by atoms with Gasteiger partial charge in [0, 0.05) is 12.3 Å². The van der Waals surface area contributed by atoms with Crippen molar-refractivity contribution in [2.75, 3.05) is 7.11 Å². The Morgan fingerprint density at radius 2 is 2.27 bits per heavy atom. The van der Waals surface area contributed by atoms with Crippen molar-refractivity contribution in [3.05, 3.63) is 34.2 Å². The zero-order chi connectivity index (χ0) is 11.3. The number of methoxy groups -OCH3 is 1. The highest BCUT2D eigenvalue weighted by Crippen LogP contribution is 1.97. The van der Waals surface area contributed by atoms with E-state index in [0.29, 0.717) is 5.56 Å². The Morgan fingerprint density at radius 1 is 1.53 bits per heavy atom. The van der Waals surface area contributed by atoms with Crippen molar-refractivity contribution in [2.45, 2.75) is 13.5 Å². The van der Waals surface area contributed by atoms with Crippen LogP contribution >= 0.6 is 0 Å². The fraction of sp³-hybridized carbons (Fsp3) is 0.273. The Hall–Kier alpha value is -2.02. The molecule has 0 atom stereocenters. The summed E-state index contributed by atoms with van der Waals surface area (Å²) >= 11 is 0. The summed E-state index contributed by atoms with van der Waals surface area (Å²) in [5.41, 5.74) is 0.153. The van der Waals surface area contributed by atoms with Gasteiger partial charge in [0.15, 0.2) is 0 Å². The Bertz CT molecular complexity index is 477. The Morgan fingerprint density at radius 3 is 2.87 bits per heavy atom. The van der Waals surface area contributed by atoms with Gasteiger partial charge < -0.3 is 9.30 Å². The largest absolute Gasteiger partial charge is 0.465 e. The van der Waals surface area contributed by atoms with Crippen molar-refractivity contribution in [2.24, 2.45) is 0 Å². The lowest BCUT2D eigenvalue weighted by Gasteiger charge is -2.03. The van der Waals surface area contributed by atoms with Crippen molar-refractivity contribution >= 4 is 5.97 Å². The highest BCUT2D eigenvalue weighted by atomic mass is 16.5. The first-order chi connectivity index (χ1) is 7.19. The molecule has 78 valence electrons. The van der Waals surface area contributed by atoms with Gasteiger partial charge in [-0.1, -0.05) is 5.92 Å². The molecule has 0 bridgehead atoms. The molecule has 4 nitrogen and oxygen atoms in total. The van der Waals surface area contributed by atoms with Crippen molar-refractivity contribution in [1.82, 2.24) is 4.57 Å². The first kappa shape index (κ1) is 11.1. The second kappa shape index (κ2) is 5.01. The van der Waals surface area contributed by atoms with E-state index in [1.165, 1.54) is 30.0 Å². The smallest absolute Gasteiger partial charge is 0.339 e. The third kappa shape index (κ3) is 2.71. The minimum atomic E-state index is -0.465. The van der Waals surface area contributed by atoms with Crippen molar-refractivity contribution in [1.29, 1.82) is 0 Å². The van der Waals surface area contributed by atoms with E-state index >= 15 is 0 Å². The molecule has 0 unspecified atom stereocenters. The summed E-state index contributed by atoms with van der Waals surface area (Å²) < 4.78 is 5.91. The van der Waals surface area contributed by atoms with Crippen LogP contribution in [0.4, 0.5) is 0 Å². The van der Waals surface area contributed by atoms with Gasteiger partial charge in [0.25, 0.3) is 5.56 Å². The molecule has 0 aliphatic heterocycles. The maximum absolute atomic E-state index is 11.3. The molecule has 1 aromatic heterocycles. The molecule has 1 heterocycles. The average Bonchev–Trinajstić information content (AvgIpc) is 2.27. The highest BCUT2D eigenvalue weighted by molar-refractivity contribution is 5.88. The predicted molar refractivity (Wildman–Crippen MR) is 55.5 cm³/mol. The second-order valence-electron chi connectivity index (χ2n) is 2.80. The molecule has 0 radical (unpaired) electrons. The van der Waals surface area contributed by atoms with E-state index in [2.05, 4.69) is 16.6 Å². The van der Waals surface area contributed by atoms with E-state index in [0.717, 1.165) is 0 Å². The van der Waals surface area contributed by atoms with Crippen LogP contribution in [0.25, 0.3) is 0 Å². The Kier molecular flexibility index (Phi) is 3.69. The number of aromatic nitrogens is 1. The molecule has 0 N–H and O–H groups in total. The molecule has 0 aromatic carbocycles. The summed E-state index contributed by atoms with van der Waals surface area (Å²) in [7, 11) is 1.30. The van der Waals surface area contributed by atoms with Crippen LogP contribution in [0, 0.1) is 11.8 Å². The van der Waals surface area contributed by atoms with Crippen LogP contribution in [0.2, 0.25) is 0 Å². The lowest BCUT2D eigenvalue weighted by atomic mass is 10.3. The first-order valence-electron chi connectivity index (χ1n) is 4.37. The molecule has 4 heteroatoms. The van der Waals surface area contributed by atoms with E-state index in [9.17, 15) is 9.59 Å². The zero-order valence-electron chi connectivity index (χ0n) is 8.61. The summed E-state index contributed by atoms with van der Waals surface area (Å²) in [6, 6.07) is 2.76. The third-order valence-corrected chi connectivity index (χ3v) is 1.83. The number of nitrogens with zero attached hydrogens (tertiary/aromatic N) is 1. The molecule has 0 fully saturated rings. The number of ether oxygens (including phenoxy) is 1. The number of carbonyl (C=O) groups is 1. The van der Waals surface area contributed by atoms with Crippen LogP contribution < -0.4 is 5.56 Å².